The molecule has 0 bridgehead atoms. The van der Waals surface area contributed by atoms with Crippen LogP contribution in [0.1, 0.15) is 15.9 Å². The fourth-order valence-corrected chi connectivity index (χ4v) is 4.63. The van der Waals surface area contributed by atoms with Gasteiger partial charge in [0.15, 0.2) is 0 Å². The molecule has 1 atom stereocenters. The molecule has 4 heterocycles. The summed E-state index contributed by atoms with van der Waals surface area (Å²) in [5.41, 5.74) is 2.80. The summed E-state index contributed by atoms with van der Waals surface area (Å²) in [4.78, 5) is 21.9. The standard InChI is InChI=1S/C26H32N4O4/c31-26(23-2-1-3-24(17-23)34-15-10-28-8-12-32-13-9-28)30-11-14-33-20-22(19-30)16-21-4-5-25-27-6-7-29(25)18-21/h1-7,17-18,22H,8-16,19-20H2. The van der Waals surface area contributed by atoms with Crippen molar-refractivity contribution in [1.82, 2.24) is 19.2 Å². The second kappa shape index (κ2) is 11.0. The summed E-state index contributed by atoms with van der Waals surface area (Å²) >= 11 is 0. The fourth-order valence-electron chi connectivity index (χ4n) is 4.63. The molecule has 0 aliphatic carbocycles. The lowest BCUT2D eigenvalue weighted by molar-refractivity contribution is 0.0322. The van der Waals surface area contributed by atoms with E-state index in [0.717, 1.165) is 50.7 Å². The van der Waals surface area contributed by atoms with E-state index in [1.54, 1.807) is 6.20 Å². The number of aromatic nitrogens is 2. The molecule has 1 amide bonds. The van der Waals surface area contributed by atoms with Crippen LogP contribution in [0.3, 0.4) is 0 Å². The van der Waals surface area contributed by atoms with Crippen LogP contribution < -0.4 is 4.74 Å². The van der Waals surface area contributed by atoms with Crippen LogP contribution in [0, 0.1) is 5.92 Å². The van der Waals surface area contributed by atoms with Gasteiger partial charge in [0, 0.05) is 62.8 Å². The highest BCUT2D eigenvalue weighted by Gasteiger charge is 2.24. The number of amides is 1. The summed E-state index contributed by atoms with van der Waals surface area (Å²) in [6.07, 6.45) is 6.71. The Morgan fingerprint density at radius 1 is 1.09 bits per heavy atom. The third-order valence-electron chi connectivity index (χ3n) is 6.46. The molecule has 0 spiro atoms. The van der Waals surface area contributed by atoms with Gasteiger partial charge in [-0.25, -0.2) is 4.98 Å². The summed E-state index contributed by atoms with van der Waals surface area (Å²) in [6.45, 7) is 7.36. The third-order valence-corrected chi connectivity index (χ3v) is 6.46. The van der Waals surface area contributed by atoms with Crippen molar-refractivity contribution in [2.45, 2.75) is 6.42 Å². The Hall–Kier alpha value is -2.94. The number of morpholine rings is 1. The summed E-state index contributed by atoms with van der Waals surface area (Å²) in [5.74, 6) is 0.995. The Bertz CT molecular complexity index is 1100. The van der Waals surface area contributed by atoms with Gasteiger partial charge in [-0.1, -0.05) is 12.1 Å². The SMILES string of the molecule is O=C(c1cccc(OCCN2CCOCC2)c1)N1CCOCC(Cc2ccc3nccn3c2)C1. The lowest BCUT2D eigenvalue weighted by Gasteiger charge is -2.26. The summed E-state index contributed by atoms with van der Waals surface area (Å²) in [7, 11) is 0. The second-order valence-electron chi connectivity index (χ2n) is 8.96. The van der Waals surface area contributed by atoms with E-state index in [2.05, 4.69) is 22.1 Å². The zero-order chi connectivity index (χ0) is 23.2. The number of rotatable bonds is 7. The van der Waals surface area contributed by atoms with Gasteiger partial charge in [0.25, 0.3) is 5.91 Å². The van der Waals surface area contributed by atoms with Crippen LogP contribution in [-0.4, -0.2) is 90.8 Å². The van der Waals surface area contributed by atoms with Crippen molar-refractivity contribution in [3.05, 3.63) is 66.1 Å². The molecule has 2 aromatic heterocycles. The molecule has 2 aliphatic rings. The first kappa shape index (κ1) is 22.8. The first-order valence-electron chi connectivity index (χ1n) is 12.1. The highest BCUT2D eigenvalue weighted by molar-refractivity contribution is 5.94. The smallest absolute Gasteiger partial charge is 0.254 e. The number of ether oxygens (including phenoxy) is 3. The van der Waals surface area contributed by atoms with Crippen LogP contribution in [0.15, 0.2) is 55.0 Å². The predicted molar refractivity (Wildman–Crippen MR) is 128 cm³/mol. The molecule has 8 nitrogen and oxygen atoms in total. The zero-order valence-corrected chi connectivity index (χ0v) is 19.5. The van der Waals surface area contributed by atoms with Crippen molar-refractivity contribution in [3.8, 4) is 5.75 Å². The molecule has 3 aromatic rings. The number of fused-ring (bicyclic) bond motifs is 1. The van der Waals surface area contributed by atoms with E-state index in [1.165, 1.54) is 5.56 Å². The third kappa shape index (κ3) is 5.75. The van der Waals surface area contributed by atoms with Gasteiger partial charge >= 0.3 is 0 Å². The molecule has 2 saturated heterocycles. The van der Waals surface area contributed by atoms with E-state index < -0.39 is 0 Å². The number of pyridine rings is 1. The average Bonchev–Trinajstić information content (AvgIpc) is 3.22. The maximum absolute atomic E-state index is 13.3. The van der Waals surface area contributed by atoms with Crippen molar-refractivity contribution in [2.24, 2.45) is 5.92 Å². The molecule has 0 saturated carbocycles. The quantitative estimate of drug-likeness (QED) is 0.535. The van der Waals surface area contributed by atoms with E-state index in [0.29, 0.717) is 38.5 Å². The number of imidazole rings is 1. The van der Waals surface area contributed by atoms with Crippen molar-refractivity contribution < 1.29 is 19.0 Å². The number of benzene rings is 1. The first-order valence-corrected chi connectivity index (χ1v) is 12.1. The van der Waals surface area contributed by atoms with Crippen LogP contribution in [0.2, 0.25) is 0 Å². The molecule has 1 unspecified atom stereocenters. The van der Waals surface area contributed by atoms with Gasteiger partial charge in [0.05, 0.1) is 26.4 Å². The number of carbonyl (C=O) groups is 1. The minimum atomic E-state index is 0.0270. The Labute approximate surface area is 200 Å². The van der Waals surface area contributed by atoms with Gasteiger partial charge in [-0.15, -0.1) is 0 Å². The lowest BCUT2D eigenvalue weighted by Crippen LogP contribution is -2.38. The number of carbonyl (C=O) groups excluding carboxylic acids is 1. The van der Waals surface area contributed by atoms with Crippen molar-refractivity contribution in [2.75, 3.05) is 65.8 Å². The fraction of sp³-hybridized carbons (Fsp3) is 0.462. The van der Waals surface area contributed by atoms with Gasteiger partial charge in [-0.05, 0) is 36.2 Å². The van der Waals surface area contributed by atoms with Crippen LogP contribution in [-0.2, 0) is 15.9 Å². The predicted octanol–water partition coefficient (Wildman–Crippen LogP) is 2.38. The maximum atomic E-state index is 13.3. The Balaban J connectivity index is 1.19. The highest BCUT2D eigenvalue weighted by Crippen LogP contribution is 2.19. The Morgan fingerprint density at radius 3 is 2.88 bits per heavy atom. The molecule has 0 N–H and O–H groups in total. The topological polar surface area (TPSA) is 68.5 Å². The molecular weight excluding hydrogens is 432 g/mol. The Kier molecular flexibility index (Phi) is 7.38. The number of hydrogen-bond acceptors (Lipinski definition) is 6. The van der Waals surface area contributed by atoms with Gasteiger partial charge in [0.2, 0.25) is 0 Å². The van der Waals surface area contributed by atoms with Gasteiger partial charge in [-0.2, -0.15) is 0 Å². The van der Waals surface area contributed by atoms with E-state index in [1.807, 2.05) is 45.8 Å². The minimum Gasteiger partial charge on any atom is -0.492 e. The van der Waals surface area contributed by atoms with E-state index in [9.17, 15) is 4.79 Å². The molecular formula is C26H32N4O4. The van der Waals surface area contributed by atoms with Crippen LogP contribution >= 0.6 is 0 Å². The lowest BCUT2D eigenvalue weighted by atomic mass is 10.0. The average molecular weight is 465 g/mol. The molecule has 2 fully saturated rings. The molecule has 8 heteroatoms. The summed E-state index contributed by atoms with van der Waals surface area (Å²) in [6, 6.07) is 11.7. The monoisotopic (exact) mass is 464 g/mol. The summed E-state index contributed by atoms with van der Waals surface area (Å²) in [5, 5.41) is 0. The van der Waals surface area contributed by atoms with E-state index >= 15 is 0 Å². The molecule has 1 aromatic carbocycles. The van der Waals surface area contributed by atoms with Gasteiger partial charge < -0.3 is 23.5 Å². The first-order chi connectivity index (χ1) is 16.7. The second-order valence-corrected chi connectivity index (χ2v) is 8.96. The van der Waals surface area contributed by atoms with Gasteiger partial charge in [0.1, 0.15) is 18.0 Å². The summed E-state index contributed by atoms with van der Waals surface area (Å²) < 4.78 is 19.2. The molecule has 0 radical (unpaired) electrons. The Morgan fingerprint density at radius 2 is 1.97 bits per heavy atom. The molecule has 180 valence electrons. The highest BCUT2D eigenvalue weighted by atomic mass is 16.5. The normalized spacial score (nSPS) is 19.8. The van der Waals surface area contributed by atoms with Crippen molar-refractivity contribution >= 4 is 11.6 Å². The molecule has 2 aliphatic heterocycles. The maximum Gasteiger partial charge on any atom is 0.254 e. The number of nitrogens with zero attached hydrogens (tertiary/aromatic N) is 4. The number of hydrogen-bond donors (Lipinski definition) is 0. The zero-order valence-electron chi connectivity index (χ0n) is 19.5. The molecule has 5 rings (SSSR count). The van der Waals surface area contributed by atoms with Crippen molar-refractivity contribution in [1.29, 1.82) is 0 Å². The molecule has 34 heavy (non-hydrogen) atoms. The minimum absolute atomic E-state index is 0.0270. The largest absolute Gasteiger partial charge is 0.492 e. The van der Waals surface area contributed by atoms with E-state index in [-0.39, 0.29) is 11.8 Å². The van der Waals surface area contributed by atoms with Crippen LogP contribution in [0.4, 0.5) is 0 Å². The van der Waals surface area contributed by atoms with Gasteiger partial charge in [-0.3, -0.25) is 9.69 Å². The van der Waals surface area contributed by atoms with Crippen LogP contribution in [0.5, 0.6) is 5.75 Å². The van der Waals surface area contributed by atoms with E-state index in [4.69, 9.17) is 14.2 Å². The van der Waals surface area contributed by atoms with Crippen LogP contribution in [0.25, 0.3) is 5.65 Å². The van der Waals surface area contributed by atoms with Crippen molar-refractivity contribution in [3.63, 3.8) is 0 Å².